The minimum atomic E-state index is -0.816. The fourth-order valence-electron chi connectivity index (χ4n) is 1.24. The van der Waals surface area contributed by atoms with Crippen LogP contribution >= 0.6 is 11.6 Å². The van der Waals surface area contributed by atoms with E-state index in [1.807, 2.05) is 6.92 Å². The average Bonchev–Trinajstić information content (AvgIpc) is 2.04. The third kappa shape index (κ3) is 4.58. The Hall–Kier alpha value is -0.600. The molecule has 0 amide bonds. The summed E-state index contributed by atoms with van der Waals surface area (Å²) in [5, 5.41) is 9.94. The van der Waals surface area contributed by atoms with Gasteiger partial charge in [0.15, 0.2) is 0 Å². The normalized spacial score (nSPS) is 13.9. The maximum absolute atomic E-state index is 11.2. The van der Waals surface area contributed by atoms with Crippen molar-refractivity contribution in [1.82, 2.24) is 0 Å². The monoisotopic (exact) mass is 216 g/mol. The van der Waals surface area contributed by atoms with E-state index in [9.17, 15) is 9.90 Å². The van der Waals surface area contributed by atoms with Gasteiger partial charge in [-0.15, -0.1) is 0 Å². The minimum absolute atomic E-state index is 0.0530. The van der Waals surface area contributed by atoms with Crippen LogP contribution in [-0.2, 0) is 4.79 Å². The van der Waals surface area contributed by atoms with Crippen LogP contribution in [0.2, 0.25) is 0 Å². The lowest BCUT2D eigenvalue weighted by Gasteiger charge is -2.12. The highest BCUT2D eigenvalue weighted by molar-refractivity contribution is 6.31. The fourth-order valence-corrected chi connectivity index (χ4v) is 1.47. The summed E-state index contributed by atoms with van der Waals surface area (Å²) in [6.45, 7) is 7.22. The maximum Gasteiger partial charge on any atom is 0.135 e. The molecule has 2 nitrogen and oxygen atoms in total. The Labute approximate surface area is 90.3 Å². The maximum atomic E-state index is 11.2. The van der Waals surface area contributed by atoms with Gasteiger partial charge in [0.1, 0.15) is 5.78 Å². The van der Waals surface area contributed by atoms with E-state index >= 15 is 0 Å². The van der Waals surface area contributed by atoms with Crippen molar-refractivity contribution < 1.29 is 9.90 Å². The van der Waals surface area contributed by atoms with E-state index in [2.05, 4.69) is 6.58 Å². The number of halogens is 1. The second-order valence-electron chi connectivity index (χ2n) is 3.16. The van der Waals surface area contributed by atoms with E-state index in [1.165, 1.54) is 0 Å². The van der Waals surface area contributed by atoms with Crippen molar-refractivity contribution in [3.05, 3.63) is 23.3 Å². The number of ketones is 1. The SMILES string of the molecule is C=C(Cl)/C(=C\C)C(O)CC(=O)CCC. The van der Waals surface area contributed by atoms with Crippen molar-refractivity contribution in [3.63, 3.8) is 0 Å². The molecule has 80 valence electrons. The van der Waals surface area contributed by atoms with Gasteiger partial charge in [-0.25, -0.2) is 0 Å². The predicted octanol–water partition coefficient (Wildman–Crippen LogP) is 2.81. The lowest BCUT2D eigenvalue weighted by molar-refractivity contribution is -0.120. The highest BCUT2D eigenvalue weighted by Gasteiger charge is 2.15. The zero-order chi connectivity index (χ0) is 11.1. The molecule has 0 bridgehead atoms. The van der Waals surface area contributed by atoms with E-state index in [0.717, 1.165) is 6.42 Å². The quantitative estimate of drug-likeness (QED) is 0.694. The van der Waals surface area contributed by atoms with Crippen LogP contribution in [0.3, 0.4) is 0 Å². The Morgan fingerprint density at radius 1 is 1.64 bits per heavy atom. The van der Waals surface area contributed by atoms with E-state index in [0.29, 0.717) is 17.0 Å². The summed E-state index contributed by atoms with van der Waals surface area (Å²) in [5.41, 5.74) is 0.538. The first-order valence-electron chi connectivity index (χ1n) is 4.73. The molecular formula is C11H17ClO2. The molecular weight excluding hydrogens is 200 g/mol. The Morgan fingerprint density at radius 2 is 2.21 bits per heavy atom. The van der Waals surface area contributed by atoms with Crippen LogP contribution in [0.4, 0.5) is 0 Å². The summed E-state index contributed by atoms with van der Waals surface area (Å²) in [6.07, 6.45) is 2.30. The lowest BCUT2D eigenvalue weighted by atomic mass is 10.0. The van der Waals surface area contributed by atoms with Crippen molar-refractivity contribution in [2.75, 3.05) is 0 Å². The number of carbonyl (C=O) groups excluding carboxylic acids is 1. The van der Waals surface area contributed by atoms with Crippen LogP contribution in [0.25, 0.3) is 0 Å². The topological polar surface area (TPSA) is 37.3 Å². The molecule has 0 aromatic heterocycles. The number of hydrogen-bond donors (Lipinski definition) is 1. The molecule has 0 saturated heterocycles. The summed E-state index contributed by atoms with van der Waals surface area (Å²) in [4.78, 5) is 11.2. The van der Waals surface area contributed by atoms with Crippen LogP contribution in [0, 0.1) is 0 Å². The van der Waals surface area contributed by atoms with Gasteiger partial charge in [0, 0.05) is 17.9 Å². The fraction of sp³-hybridized carbons (Fsp3) is 0.545. The van der Waals surface area contributed by atoms with Crippen molar-refractivity contribution in [3.8, 4) is 0 Å². The average molecular weight is 217 g/mol. The molecule has 0 radical (unpaired) electrons. The smallest absolute Gasteiger partial charge is 0.135 e. The Balaban J connectivity index is 4.25. The van der Waals surface area contributed by atoms with Crippen LogP contribution < -0.4 is 0 Å². The lowest BCUT2D eigenvalue weighted by Crippen LogP contribution is -2.16. The second kappa shape index (κ2) is 6.80. The molecule has 1 N–H and O–H groups in total. The molecule has 0 aliphatic carbocycles. The van der Waals surface area contributed by atoms with Gasteiger partial charge in [-0.3, -0.25) is 4.79 Å². The van der Waals surface area contributed by atoms with E-state index in [4.69, 9.17) is 11.6 Å². The molecule has 0 aliphatic heterocycles. The molecule has 1 unspecified atom stereocenters. The second-order valence-corrected chi connectivity index (χ2v) is 3.61. The van der Waals surface area contributed by atoms with Crippen LogP contribution in [-0.4, -0.2) is 17.0 Å². The van der Waals surface area contributed by atoms with Crippen LogP contribution in [0.1, 0.15) is 33.1 Å². The number of hydrogen-bond acceptors (Lipinski definition) is 2. The summed E-state index contributed by atoms with van der Waals surface area (Å²) in [6, 6.07) is 0. The summed E-state index contributed by atoms with van der Waals surface area (Å²) >= 11 is 5.67. The molecule has 0 heterocycles. The van der Waals surface area contributed by atoms with Crippen molar-refractivity contribution in [2.24, 2.45) is 0 Å². The molecule has 0 aliphatic rings. The minimum Gasteiger partial charge on any atom is -0.388 e. The van der Waals surface area contributed by atoms with Gasteiger partial charge in [-0.05, 0) is 18.9 Å². The zero-order valence-electron chi connectivity index (χ0n) is 8.72. The number of Topliss-reactive ketones (excluding diaryl/α,β-unsaturated/α-hetero) is 1. The predicted molar refractivity (Wildman–Crippen MR) is 59.3 cm³/mol. The Kier molecular flexibility index (Phi) is 6.50. The molecule has 0 rings (SSSR count). The zero-order valence-corrected chi connectivity index (χ0v) is 9.47. The molecule has 0 aromatic carbocycles. The summed E-state index contributed by atoms with van der Waals surface area (Å²) < 4.78 is 0. The van der Waals surface area contributed by atoms with E-state index in [-0.39, 0.29) is 12.2 Å². The highest BCUT2D eigenvalue weighted by Crippen LogP contribution is 2.19. The molecule has 0 saturated carbocycles. The number of carbonyl (C=O) groups is 1. The molecule has 3 heteroatoms. The third-order valence-corrected chi connectivity index (χ3v) is 2.15. The Morgan fingerprint density at radius 3 is 2.57 bits per heavy atom. The van der Waals surface area contributed by atoms with Crippen molar-refractivity contribution >= 4 is 17.4 Å². The highest BCUT2D eigenvalue weighted by atomic mass is 35.5. The summed E-state index contributed by atoms with van der Waals surface area (Å²) in [7, 11) is 0. The number of aliphatic hydroxyl groups excluding tert-OH is 1. The van der Waals surface area contributed by atoms with Crippen LogP contribution in [0.5, 0.6) is 0 Å². The molecule has 0 fully saturated rings. The van der Waals surface area contributed by atoms with Crippen LogP contribution in [0.15, 0.2) is 23.3 Å². The number of allylic oxidation sites excluding steroid dienone is 1. The number of aliphatic hydroxyl groups is 1. The first-order valence-corrected chi connectivity index (χ1v) is 5.11. The van der Waals surface area contributed by atoms with Gasteiger partial charge in [0.25, 0.3) is 0 Å². The van der Waals surface area contributed by atoms with E-state index < -0.39 is 6.10 Å². The first-order chi connectivity index (χ1) is 6.52. The van der Waals surface area contributed by atoms with Gasteiger partial charge in [-0.2, -0.15) is 0 Å². The van der Waals surface area contributed by atoms with E-state index in [1.54, 1.807) is 13.0 Å². The van der Waals surface area contributed by atoms with Gasteiger partial charge in [0.05, 0.1) is 6.10 Å². The molecule has 0 aromatic rings. The van der Waals surface area contributed by atoms with Gasteiger partial charge in [-0.1, -0.05) is 31.2 Å². The van der Waals surface area contributed by atoms with Gasteiger partial charge < -0.3 is 5.11 Å². The van der Waals surface area contributed by atoms with Gasteiger partial charge >= 0.3 is 0 Å². The Bertz CT molecular complexity index is 244. The third-order valence-electron chi connectivity index (χ3n) is 1.93. The van der Waals surface area contributed by atoms with Gasteiger partial charge in [0.2, 0.25) is 0 Å². The largest absolute Gasteiger partial charge is 0.388 e. The first kappa shape index (κ1) is 13.4. The van der Waals surface area contributed by atoms with Crippen molar-refractivity contribution in [2.45, 2.75) is 39.2 Å². The standard InChI is InChI=1S/C11H17ClO2/c1-4-6-9(13)7-11(14)10(5-2)8(3)12/h5,11,14H,3-4,6-7H2,1-2H3/b10-5+. The number of rotatable bonds is 6. The molecule has 14 heavy (non-hydrogen) atoms. The van der Waals surface area contributed by atoms with Crippen molar-refractivity contribution in [1.29, 1.82) is 0 Å². The molecule has 1 atom stereocenters. The summed E-state index contributed by atoms with van der Waals surface area (Å²) in [5.74, 6) is 0.0530. The molecule has 0 spiro atoms.